The predicted octanol–water partition coefficient (Wildman–Crippen LogP) is 2.27. The number of carboxylic acid groups (broad SMARTS) is 1. The van der Waals surface area contributed by atoms with E-state index in [0.717, 1.165) is 10.8 Å². The van der Waals surface area contributed by atoms with Gasteiger partial charge in [0.25, 0.3) is 0 Å². The van der Waals surface area contributed by atoms with Crippen LogP contribution in [-0.2, 0) is 19.8 Å². The summed E-state index contributed by atoms with van der Waals surface area (Å²) in [6, 6.07) is 9.13. The van der Waals surface area contributed by atoms with E-state index in [1.165, 1.54) is 0 Å². The molecule has 3 atom stereocenters. The van der Waals surface area contributed by atoms with Crippen LogP contribution >= 0.6 is 12.6 Å². The number of carbonyl (C=O) groups is 3. The third-order valence-electron chi connectivity index (χ3n) is 5.66. The minimum Gasteiger partial charge on any atom is -0.497 e. The van der Waals surface area contributed by atoms with Crippen LogP contribution in [0, 0.1) is 0 Å². The SMILES string of the molecule is COc1ccc2cc([C@](C)(C[C@@H]3NC(=O)[C@@H](C(C)(C)S)NC3=O)C(=O)O)ccc2c1. The quantitative estimate of drug-likeness (QED) is 0.527. The van der Waals surface area contributed by atoms with Crippen LogP contribution < -0.4 is 15.4 Å². The summed E-state index contributed by atoms with van der Waals surface area (Å²) in [5.74, 6) is -1.16. The molecule has 2 amide bonds. The van der Waals surface area contributed by atoms with E-state index in [0.29, 0.717) is 11.3 Å². The first-order valence-corrected chi connectivity index (χ1v) is 10.1. The molecule has 3 rings (SSSR count). The van der Waals surface area contributed by atoms with E-state index < -0.39 is 34.1 Å². The van der Waals surface area contributed by atoms with E-state index in [-0.39, 0.29) is 12.3 Å². The highest BCUT2D eigenvalue weighted by molar-refractivity contribution is 7.81. The molecule has 0 bridgehead atoms. The molecular weight excluding hydrogens is 404 g/mol. The van der Waals surface area contributed by atoms with Crippen molar-refractivity contribution < 1.29 is 24.2 Å². The Hall–Kier alpha value is -2.74. The molecule has 0 aromatic heterocycles. The number of carbonyl (C=O) groups excluding carboxylic acids is 2. The second-order valence-corrected chi connectivity index (χ2v) is 9.58. The zero-order valence-electron chi connectivity index (χ0n) is 17.4. The van der Waals surface area contributed by atoms with Crippen molar-refractivity contribution in [3.63, 3.8) is 0 Å². The van der Waals surface area contributed by atoms with Gasteiger partial charge < -0.3 is 20.5 Å². The summed E-state index contributed by atoms with van der Waals surface area (Å²) in [5.41, 5.74) is -0.835. The molecule has 0 unspecified atom stereocenters. The van der Waals surface area contributed by atoms with E-state index in [4.69, 9.17) is 4.74 Å². The van der Waals surface area contributed by atoms with Crippen LogP contribution in [-0.4, -0.2) is 46.8 Å². The second kappa shape index (κ2) is 7.83. The first-order valence-electron chi connectivity index (χ1n) is 9.60. The maximum atomic E-state index is 12.6. The summed E-state index contributed by atoms with van der Waals surface area (Å²) in [6.07, 6.45) is -0.0821. The van der Waals surface area contributed by atoms with Gasteiger partial charge in [0.05, 0.1) is 12.5 Å². The van der Waals surface area contributed by atoms with E-state index in [1.54, 1.807) is 46.1 Å². The van der Waals surface area contributed by atoms with E-state index in [2.05, 4.69) is 23.3 Å². The molecule has 0 aliphatic carbocycles. The molecule has 1 saturated heterocycles. The first-order chi connectivity index (χ1) is 14.0. The topological polar surface area (TPSA) is 105 Å². The zero-order valence-corrected chi connectivity index (χ0v) is 18.2. The maximum absolute atomic E-state index is 12.6. The van der Waals surface area contributed by atoms with Gasteiger partial charge in [0.2, 0.25) is 11.8 Å². The molecule has 1 aliphatic rings. The number of piperazine rings is 1. The van der Waals surface area contributed by atoms with Crippen LogP contribution in [0.4, 0.5) is 0 Å². The highest BCUT2D eigenvalue weighted by Gasteiger charge is 2.45. The van der Waals surface area contributed by atoms with Gasteiger partial charge in [-0.3, -0.25) is 14.4 Å². The van der Waals surface area contributed by atoms with Crippen molar-refractivity contribution in [1.29, 1.82) is 0 Å². The van der Waals surface area contributed by atoms with Crippen LogP contribution in [0.3, 0.4) is 0 Å². The average Bonchev–Trinajstić information content (AvgIpc) is 2.68. The molecule has 7 nitrogen and oxygen atoms in total. The lowest BCUT2D eigenvalue weighted by molar-refractivity contribution is -0.145. The lowest BCUT2D eigenvalue weighted by atomic mass is 9.76. The van der Waals surface area contributed by atoms with Crippen molar-refractivity contribution in [2.24, 2.45) is 0 Å². The van der Waals surface area contributed by atoms with Crippen molar-refractivity contribution >= 4 is 41.2 Å². The number of benzene rings is 2. The van der Waals surface area contributed by atoms with Crippen LogP contribution in [0.5, 0.6) is 5.75 Å². The third-order valence-corrected chi connectivity index (χ3v) is 5.92. The van der Waals surface area contributed by atoms with Gasteiger partial charge in [-0.05, 0) is 55.7 Å². The Morgan fingerprint density at radius 3 is 2.30 bits per heavy atom. The van der Waals surface area contributed by atoms with Gasteiger partial charge in [-0.15, -0.1) is 0 Å². The Bertz CT molecular complexity index is 1020. The standard InChI is InChI=1S/C22H26N2O5S/c1-21(2,30)17-19(26)23-16(18(25)24-17)11-22(3,20(27)28)14-7-5-13-10-15(29-4)8-6-12(13)9-14/h5-10,16-17,30H,11H2,1-4H3,(H,23,26)(H,24,25)(H,27,28)/t16-,17-,22-/m0/s1. The molecule has 160 valence electrons. The van der Waals surface area contributed by atoms with Gasteiger partial charge in [0.1, 0.15) is 17.8 Å². The van der Waals surface area contributed by atoms with Gasteiger partial charge in [-0.1, -0.05) is 24.3 Å². The Balaban J connectivity index is 1.92. The van der Waals surface area contributed by atoms with Crippen LogP contribution in [0.15, 0.2) is 36.4 Å². The highest BCUT2D eigenvalue weighted by atomic mass is 32.1. The molecule has 0 radical (unpaired) electrons. The van der Waals surface area contributed by atoms with Crippen LogP contribution in [0.25, 0.3) is 10.8 Å². The predicted molar refractivity (Wildman–Crippen MR) is 117 cm³/mol. The Labute approximate surface area is 180 Å². The van der Waals surface area contributed by atoms with Crippen molar-refractivity contribution in [3.8, 4) is 5.75 Å². The number of carboxylic acids is 1. The van der Waals surface area contributed by atoms with Crippen molar-refractivity contribution in [1.82, 2.24) is 10.6 Å². The molecule has 1 fully saturated rings. The molecule has 30 heavy (non-hydrogen) atoms. The lowest BCUT2D eigenvalue weighted by Crippen LogP contribution is -2.67. The normalized spacial score (nSPS) is 21.5. The minimum atomic E-state index is -1.38. The molecular formula is C22H26N2O5S. The van der Waals surface area contributed by atoms with Gasteiger partial charge in [0, 0.05) is 4.75 Å². The molecule has 8 heteroatoms. The van der Waals surface area contributed by atoms with Gasteiger partial charge >= 0.3 is 5.97 Å². The first kappa shape index (κ1) is 22.0. The van der Waals surface area contributed by atoms with Gasteiger partial charge in [0.15, 0.2) is 0 Å². The van der Waals surface area contributed by atoms with Crippen LogP contribution in [0.1, 0.15) is 32.8 Å². The molecule has 1 heterocycles. The summed E-state index contributed by atoms with van der Waals surface area (Å²) in [7, 11) is 1.58. The number of methoxy groups -OCH3 is 1. The number of hydrogen-bond acceptors (Lipinski definition) is 5. The van der Waals surface area contributed by atoms with Gasteiger partial charge in [-0.2, -0.15) is 12.6 Å². The molecule has 3 N–H and O–H groups in total. The highest BCUT2D eigenvalue weighted by Crippen LogP contribution is 2.34. The Kier molecular flexibility index (Phi) is 5.73. The number of fused-ring (bicyclic) bond motifs is 1. The lowest BCUT2D eigenvalue weighted by Gasteiger charge is -2.38. The number of amides is 2. The van der Waals surface area contributed by atoms with E-state index >= 15 is 0 Å². The number of hydrogen-bond donors (Lipinski definition) is 4. The van der Waals surface area contributed by atoms with Crippen molar-refractivity contribution in [3.05, 3.63) is 42.0 Å². The monoisotopic (exact) mass is 430 g/mol. The fourth-order valence-corrected chi connectivity index (χ4v) is 3.88. The summed E-state index contributed by atoms with van der Waals surface area (Å²) in [5, 5.41) is 17.1. The molecule has 2 aromatic rings. The van der Waals surface area contributed by atoms with Crippen LogP contribution in [0.2, 0.25) is 0 Å². The van der Waals surface area contributed by atoms with Crippen molar-refractivity contribution in [2.45, 2.75) is 49.4 Å². The third kappa shape index (κ3) is 4.09. The molecule has 2 aromatic carbocycles. The fraction of sp³-hybridized carbons (Fsp3) is 0.409. The summed E-state index contributed by atoms with van der Waals surface area (Å²) < 4.78 is 4.48. The zero-order chi connectivity index (χ0) is 22.3. The Morgan fingerprint density at radius 2 is 1.70 bits per heavy atom. The van der Waals surface area contributed by atoms with Crippen molar-refractivity contribution in [2.75, 3.05) is 7.11 Å². The Morgan fingerprint density at radius 1 is 1.07 bits per heavy atom. The molecule has 0 spiro atoms. The number of ether oxygens (including phenoxy) is 1. The number of thiol groups is 1. The molecule has 0 saturated carbocycles. The number of aliphatic carboxylic acids is 1. The summed E-state index contributed by atoms with van der Waals surface area (Å²) >= 11 is 4.37. The van der Waals surface area contributed by atoms with E-state index in [1.807, 2.05) is 18.2 Å². The number of nitrogens with one attached hydrogen (secondary N) is 2. The average molecular weight is 431 g/mol. The largest absolute Gasteiger partial charge is 0.497 e. The molecule has 1 aliphatic heterocycles. The smallest absolute Gasteiger partial charge is 0.313 e. The van der Waals surface area contributed by atoms with Gasteiger partial charge in [-0.25, -0.2) is 0 Å². The maximum Gasteiger partial charge on any atom is 0.313 e. The number of rotatable bonds is 6. The fourth-order valence-electron chi connectivity index (χ4n) is 3.70. The second-order valence-electron chi connectivity index (χ2n) is 8.43. The van der Waals surface area contributed by atoms with E-state index in [9.17, 15) is 19.5 Å². The summed E-state index contributed by atoms with van der Waals surface area (Å²) in [6.45, 7) is 5.02. The summed E-state index contributed by atoms with van der Waals surface area (Å²) in [4.78, 5) is 37.4. The minimum absolute atomic E-state index is 0.0821.